The molecule has 1 aromatic carbocycles. The maximum Gasteiger partial charge on any atom is 0.396 e. The van der Waals surface area contributed by atoms with Crippen LogP contribution in [0.2, 0.25) is 5.02 Å². The Morgan fingerprint density at radius 2 is 1.85 bits per heavy atom. The summed E-state index contributed by atoms with van der Waals surface area (Å²) in [5, 5.41) is 0.268. The number of rotatable bonds is 1. The zero-order chi connectivity index (χ0) is 10.1. The second-order valence-corrected chi connectivity index (χ2v) is 3.74. The van der Waals surface area contributed by atoms with Gasteiger partial charge in [-0.15, -0.1) is 0 Å². The van der Waals surface area contributed by atoms with Crippen LogP contribution in [-0.2, 0) is 0 Å². The van der Waals surface area contributed by atoms with E-state index in [0.29, 0.717) is 4.47 Å². The van der Waals surface area contributed by atoms with Gasteiger partial charge in [-0.25, -0.2) is 0 Å². The molecule has 1 aromatic rings. The van der Waals surface area contributed by atoms with E-state index in [1.165, 1.54) is 18.2 Å². The number of benzene rings is 1. The molecule has 0 N–H and O–H groups in total. The van der Waals surface area contributed by atoms with Gasteiger partial charge in [0.2, 0.25) is 0 Å². The van der Waals surface area contributed by atoms with Crippen molar-refractivity contribution >= 4 is 27.5 Å². The molecule has 0 atom stereocenters. The summed E-state index contributed by atoms with van der Waals surface area (Å²) in [5.41, 5.74) is 0.0341. The normalized spacial score (nSPS) is 11.8. The quantitative estimate of drug-likeness (QED) is 0.718. The van der Waals surface area contributed by atoms with Gasteiger partial charge < -0.3 is 0 Å². The first-order valence-electron chi connectivity index (χ1n) is 3.25. The topological polar surface area (TPSA) is 0 Å². The van der Waals surface area contributed by atoms with Crippen LogP contribution in [0.15, 0.2) is 22.7 Å². The minimum absolute atomic E-state index is 0.0341. The molecule has 0 saturated heterocycles. The fourth-order valence-corrected chi connectivity index (χ4v) is 1.73. The molecule has 0 amide bonds. The molecule has 1 radical (unpaired) electrons. The van der Waals surface area contributed by atoms with Crippen LogP contribution in [0, 0.1) is 6.42 Å². The molecule has 71 valence electrons. The lowest BCUT2D eigenvalue weighted by molar-refractivity contribution is -0.0927. The van der Waals surface area contributed by atoms with Gasteiger partial charge in [0.05, 0.1) is 6.42 Å². The van der Waals surface area contributed by atoms with Crippen molar-refractivity contribution in [2.24, 2.45) is 0 Å². The first-order chi connectivity index (χ1) is 5.87. The molecule has 0 fully saturated rings. The Kier molecular flexibility index (Phi) is 3.24. The van der Waals surface area contributed by atoms with Crippen molar-refractivity contribution in [3.8, 4) is 0 Å². The van der Waals surface area contributed by atoms with Crippen molar-refractivity contribution in [3.05, 3.63) is 39.7 Å². The predicted octanol–water partition coefficient (Wildman–Crippen LogP) is 4.22. The van der Waals surface area contributed by atoms with Gasteiger partial charge in [-0.3, -0.25) is 0 Å². The smallest absolute Gasteiger partial charge is 0.170 e. The highest BCUT2D eigenvalue weighted by Crippen LogP contribution is 2.27. The van der Waals surface area contributed by atoms with Crippen LogP contribution in [0.5, 0.6) is 0 Å². The van der Waals surface area contributed by atoms with E-state index in [4.69, 9.17) is 11.6 Å². The van der Waals surface area contributed by atoms with E-state index in [-0.39, 0.29) is 17.0 Å². The first kappa shape index (κ1) is 10.9. The van der Waals surface area contributed by atoms with E-state index < -0.39 is 6.18 Å². The average molecular weight is 272 g/mol. The molecule has 0 aliphatic carbocycles. The van der Waals surface area contributed by atoms with Gasteiger partial charge in [-0.1, -0.05) is 27.5 Å². The standard InChI is InChI=1S/C8H4BrClF3/c9-6-1-5(2-7(10)3-6)4-8(11,12)13/h1-4H. The summed E-state index contributed by atoms with van der Waals surface area (Å²) in [6.45, 7) is 0. The van der Waals surface area contributed by atoms with Crippen LogP contribution in [-0.4, -0.2) is 6.18 Å². The third kappa shape index (κ3) is 4.00. The maximum atomic E-state index is 11.9. The molecule has 13 heavy (non-hydrogen) atoms. The molecule has 1 rings (SSSR count). The Balaban J connectivity index is 2.90. The van der Waals surface area contributed by atoms with Crippen LogP contribution in [0.25, 0.3) is 0 Å². The summed E-state index contributed by atoms with van der Waals surface area (Å²) in [4.78, 5) is 0. The maximum absolute atomic E-state index is 11.9. The summed E-state index contributed by atoms with van der Waals surface area (Å²) in [5.74, 6) is 0. The van der Waals surface area contributed by atoms with E-state index in [2.05, 4.69) is 15.9 Å². The van der Waals surface area contributed by atoms with Crippen molar-refractivity contribution < 1.29 is 13.2 Å². The van der Waals surface area contributed by atoms with Crippen molar-refractivity contribution in [2.45, 2.75) is 6.18 Å². The first-order valence-corrected chi connectivity index (χ1v) is 4.43. The third-order valence-electron chi connectivity index (χ3n) is 1.22. The minimum atomic E-state index is -4.32. The van der Waals surface area contributed by atoms with Crippen LogP contribution in [0.1, 0.15) is 5.56 Å². The molecular weight excluding hydrogens is 268 g/mol. The summed E-state index contributed by atoms with van der Waals surface area (Å²) >= 11 is 8.61. The number of hydrogen-bond acceptors (Lipinski definition) is 0. The van der Waals surface area contributed by atoms with Crippen molar-refractivity contribution in [2.75, 3.05) is 0 Å². The summed E-state index contributed by atoms with van der Waals surface area (Å²) in [6, 6.07) is 4.12. The Bertz CT molecular complexity index is 288. The van der Waals surface area contributed by atoms with Crippen molar-refractivity contribution in [1.82, 2.24) is 0 Å². The second-order valence-electron chi connectivity index (χ2n) is 2.39. The Hall–Kier alpha value is -0.220. The lowest BCUT2D eigenvalue weighted by atomic mass is 10.1. The summed E-state index contributed by atoms with van der Waals surface area (Å²) in [6.07, 6.45) is -4.12. The molecule has 0 heterocycles. The Labute approximate surface area is 86.8 Å². The number of hydrogen-bond donors (Lipinski definition) is 0. The third-order valence-corrected chi connectivity index (χ3v) is 1.89. The van der Waals surface area contributed by atoms with Crippen LogP contribution in [0.3, 0.4) is 0 Å². The van der Waals surface area contributed by atoms with Crippen LogP contribution < -0.4 is 0 Å². The minimum Gasteiger partial charge on any atom is -0.170 e. The molecule has 0 saturated carbocycles. The Morgan fingerprint density at radius 3 is 2.31 bits per heavy atom. The molecule has 0 spiro atoms. The number of alkyl halides is 3. The van der Waals surface area contributed by atoms with Crippen molar-refractivity contribution in [3.63, 3.8) is 0 Å². The van der Waals surface area contributed by atoms with Crippen LogP contribution >= 0.6 is 27.5 Å². The Morgan fingerprint density at radius 1 is 1.23 bits per heavy atom. The zero-order valence-corrected chi connectivity index (χ0v) is 8.54. The lowest BCUT2D eigenvalue weighted by Gasteiger charge is -2.06. The molecular formula is C8H4BrClF3. The second kappa shape index (κ2) is 3.88. The largest absolute Gasteiger partial charge is 0.396 e. The lowest BCUT2D eigenvalue weighted by Crippen LogP contribution is -2.08. The van der Waals surface area contributed by atoms with Crippen molar-refractivity contribution in [1.29, 1.82) is 0 Å². The fraction of sp³-hybridized carbons (Fsp3) is 0.125. The van der Waals surface area contributed by atoms with E-state index in [0.717, 1.165) is 0 Å². The van der Waals surface area contributed by atoms with Crippen LogP contribution in [0.4, 0.5) is 13.2 Å². The van der Waals surface area contributed by atoms with Gasteiger partial charge in [0.15, 0.2) is 0 Å². The highest BCUT2D eigenvalue weighted by atomic mass is 79.9. The van der Waals surface area contributed by atoms with Gasteiger partial charge in [-0.2, -0.15) is 13.2 Å². The molecule has 0 unspecified atom stereocenters. The molecule has 0 aromatic heterocycles. The molecule has 0 aliphatic rings. The predicted molar refractivity (Wildman–Crippen MR) is 48.6 cm³/mol. The number of halogens is 5. The monoisotopic (exact) mass is 271 g/mol. The summed E-state index contributed by atoms with van der Waals surface area (Å²) < 4.78 is 36.2. The summed E-state index contributed by atoms with van der Waals surface area (Å²) in [7, 11) is 0. The van der Waals surface area contributed by atoms with Gasteiger partial charge in [0.25, 0.3) is 0 Å². The average Bonchev–Trinajstić information content (AvgIpc) is 1.78. The fourth-order valence-electron chi connectivity index (χ4n) is 0.847. The van der Waals surface area contributed by atoms with Gasteiger partial charge in [-0.05, 0) is 23.8 Å². The zero-order valence-electron chi connectivity index (χ0n) is 6.20. The van der Waals surface area contributed by atoms with E-state index in [9.17, 15) is 13.2 Å². The molecule has 0 nitrogen and oxygen atoms in total. The van der Waals surface area contributed by atoms with E-state index in [1.54, 1.807) is 0 Å². The van der Waals surface area contributed by atoms with Gasteiger partial charge in [0, 0.05) is 9.50 Å². The van der Waals surface area contributed by atoms with Gasteiger partial charge >= 0.3 is 6.18 Å². The molecule has 5 heteroatoms. The molecule has 0 aliphatic heterocycles. The SMILES string of the molecule is FC(F)(F)[CH]c1cc(Cl)cc(Br)c1. The molecule has 0 bridgehead atoms. The van der Waals surface area contributed by atoms with E-state index in [1.807, 2.05) is 0 Å². The van der Waals surface area contributed by atoms with E-state index >= 15 is 0 Å². The van der Waals surface area contributed by atoms with Gasteiger partial charge in [0.1, 0.15) is 0 Å². The highest BCUT2D eigenvalue weighted by molar-refractivity contribution is 9.10. The highest BCUT2D eigenvalue weighted by Gasteiger charge is 2.28.